The molecule has 3 nitrogen and oxygen atoms in total. The molecule has 0 atom stereocenters. The summed E-state index contributed by atoms with van der Waals surface area (Å²) in [6.45, 7) is 4.86. The summed E-state index contributed by atoms with van der Waals surface area (Å²) in [5.74, 6) is 1.81. The number of para-hydroxylation sites is 4. The number of anilines is 3. The van der Waals surface area contributed by atoms with E-state index in [2.05, 4.69) is 138 Å². The number of hydrogen-bond donors (Lipinski definition) is 0. The van der Waals surface area contributed by atoms with E-state index in [0.717, 1.165) is 22.9 Å². The molecule has 3 aliphatic heterocycles. The fourth-order valence-electron chi connectivity index (χ4n) is 9.42. The van der Waals surface area contributed by atoms with E-state index in [9.17, 15) is 0 Å². The Labute approximate surface area is 270 Å². The lowest BCUT2D eigenvalue weighted by Gasteiger charge is -2.44. The van der Waals surface area contributed by atoms with Crippen LogP contribution in [0.4, 0.5) is 17.1 Å². The van der Waals surface area contributed by atoms with Gasteiger partial charge < -0.3 is 14.1 Å². The van der Waals surface area contributed by atoms with Gasteiger partial charge in [0.15, 0.2) is 11.5 Å². The van der Waals surface area contributed by atoms with Crippen molar-refractivity contribution in [1.82, 2.24) is 4.48 Å². The maximum Gasteiger partial charge on any atom is 0.333 e. The second kappa shape index (κ2) is 7.75. The van der Waals surface area contributed by atoms with E-state index in [1.807, 2.05) is 11.3 Å². The Balaban J connectivity index is 1.34. The minimum absolute atomic E-state index is 0.0119. The minimum Gasteiger partial charge on any atom is -0.453 e. The molecular weight excluding hydrogens is 579 g/mol. The van der Waals surface area contributed by atoms with E-state index in [1.165, 1.54) is 81.2 Å². The molecule has 5 heteroatoms. The fourth-order valence-corrected chi connectivity index (χ4v) is 10.7. The topological polar surface area (TPSA) is 17.4 Å². The molecule has 8 aromatic rings. The molecule has 0 spiro atoms. The number of thiophene rings is 1. The van der Waals surface area contributed by atoms with Crippen molar-refractivity contribution in [3.63, 3.8) is 0 Å². The van der Waals surface area contributed by atoms with Gasteiger partial charge in [-0.15, -0.1) is 11.3 Å². The van der Waals surface area contributed by atoms with Crippen molar-refractivity contribution in [3.05, 3.63) is 126 Å². The first-order chi connectivity index (χ1) is 22.6. The van der Waals surface area contributed by atoms with Crippen molar-refractivity contribution in [2.24, 2.45) is 0 Å². The average Bonchev–Trinajstić information content (AvgIpc) is 3.70. The van der Waals surface area contributed by atoms with Crippen LogP contribution in [0.25, 0.3) is 53.5 Å². The van der Waals surface area contributed by atoms with Gasteiger partial charge in [-0.1, -0.05) is 98.8 Å². The highest BCUT2D eigenvalue weighted by Crippen LogP contribution is 2.59. The molecule has 0 saturated carbocycles. The Bertz CT molecular complexity index is 2730. The van der Waals surface area contributed by atoms with Crippen LogP contribution in [0, 0.1) is 0 Å². The predicted molar refractivity (Wildman–Crippen MR) is 193 cm³/mol. The SMILES string of the molecule is CC1(C)c2ccccc2-c2cc3c4c(c21)-c1cccc2c5c6ccccc6sc5n(c12)B4c1cccc2c1N3c1ccccc1O2. The predicted octanol–water partition coefficient (Wildman–Crippen LogP) is 9.84. The van der Waals surface area contributed by atoms with Gasteiger partial charge in [0.05, 0.1) is 16.2 Å². The Morgan fingerprint density at radius 1 is 0.696 bits per heavy atom. The second-order valence-corrected chi connectivity index (χ2v) is 14.7. The normalized spacial score (nSPS) is 15.4. The third-order valence-corrected chi connectivity index (χ3v) is 12.3. The van der Waals surface area contributed by atoms with Crippen LogP contribution in [-0.2, 0) is 5.41 Å². The van der Waals surface area contributed by atoms with E-state index in [0.29, 0.717) is 0 Å². The summed E-state index contributed by atoms with van der Waals surface area (Å²) >= 11 is 1.93. The first-order valence-electron chi connectivity index (χ1n) is 16.1. The van der Waals surface area contributed by atoms with Gasteiger partial charge >= 0.3 is 6.85 Å². The molecule has 214 valence electrons. The van der Waals surface area contributed by atoms with Crippen LogP contribution in [-0.4, -0.2) is 11.3 Å². The van der Waals surface area contributed by atoms with E-state index >= 15 is 0 Å². The lowest BCUT2D eigenvalue weighted by atomic mass is 9.44. The van der Waals surface area contributed by atoms with Gasteiger partial charge in [0, 0.05) is 43.0 Å². The van der Waals surface area contributed by atoms with Gasteiger partial charge in [-0.25, -0.2) is 0 Å². The van der Waals surface area contributed by atoms with Gasteiger partial charge in [-0.05, 0) is 69.1 Å². The number of fused-ring (bicyclic) bond motifs is 15. The van der Waals surface area contributed by atoms with E-state index in [-0.39, 0.29) is 12.3 Å². The molecular formula is C41H25BN2OS. The van der Waals surface area contributed by atoms with Crippen molar-refractivity contribution in [3.8, 4) is 33.8 Å². The van der Waals surface area contributed by atoms with Gasteiger partial charge in [0.1, 0.15) is 0 Å². The first-order valence-corrected chi connectivity index (χ1v) is 16.9. The Hall–Kier alpha value is -5.26. The summed E-state index contributed by atoms with van der Waals surface area (Å²) in [5, 5.41) is 4.06. The quantitative estimate of drug-likeness (QED) is 0.160. The molecule has 0 N–H and O–H groups in total. The molecule has 0 radical (unpaired) electrons. The van der Waals surface area contributed by atoms with Gasteiger partial charge in [-0.2, -0.15) is 0 Å². The monoisotopic (exact) mass is 604 g/mol. The molecule has 12 rings (SSSR count). The number of aromatic nitrogens is 1. The van der Waals surface area contributed by atoms with E-state index in [1.54, 1.807) is 0 Å². The second-order valence-electron chi connectivity index (χ2n) is 13.6. The average molecular weight is 605 g/mol. The lowest BCUT2D eigenvalue weighted by molar-refractivity contribution is 0.477. The molecule has 2 aromatic heterocycles. The van der Waals surface area contributed by atoms with Gasteiger partial charge in [0.25, 0.3) is 0 Å². The standard InChI is InChI=1S/C41H25BN2OS/c1-41(2)27-15-5-3-11-22(27)26-21-30-37-35(36(26)41)25-14-9-13-24-34-23-12-4-8-20-33(23)46-40(34)44(38(24)25)42(37)28-16-10-19-32-39(28)43(30)29-17-6-7-18-31(29)45-32/h3-21H,1-2H3. The zero-order valence-electron chi connectivity index (χ0n) is 25.3. The van der Waals surface area contributed by atoms with Crippen molar-refractivity contribution >= 4 is 77.4 Å². The van der Waals surface area contributed by atoms with Crippen LogP contribution in [0.15, 0.2) is 115 Å². The molecule has 6 aromatic carbocycles. The van der Waals surface area contributed by atoms with Crippen LogP contribution < -0.4 is 20.6 Å². The highest BCUT2D eigenvalue weighted by Gasteiger charge is 2.50. The lowest BCUT2D eigenvalue weighted by Crippen LogP contribution is -2.57. The molecule has 0 saturated heterocycles. The van der Waals surface area contributed by atoms with Crippen molar-refractivity contribution in [2.45, 2.75) is 19.3 Å². The molecule has 0 amide bonds. The Morgan fingerprint density at radius 3 is 2.41 bits per heavy atom. The number of benzene rings is 6. The minimum atomic E-state index is -0.146. The summed E-state index contributed by atoms with van der Waals surface area (Å²) < 4.78 is 10.7. The van der Waals surface area contributed by atoms with Crippen LogP contribution in [0.3, 0.4) is 0 Å². The molecule has 0 unspecified atom stereocenters. The maximum absolute atomic E-state index is 6.67. The van der Waals surface area contributed by atoms with Crippen molar-refractivity contribution in [2.75, 3.05) is 4.90 Å². The molecule has 1 aliphatic carbocycles. The highest BCUT2D eigenvalue weighted by atomic mass is 32.1. The first kappa shape index (κ1) is 24.0. The third kappa shape index (κ3) is 2.53. The fraction of sp³-hybridized carbons (Fsp3) is 0.0732. The van der Waals surface area contributed by atoms with Gasteiger partial charge in [0.2, 0.25) is 0 Å². The zero-order valence-corrected chi connectivity index (χ0v) is 26.1. The molecule has 0 fully saturated rings. The van der Waals surface area contributed by atoms with Crippen molar-refractivity contribution in [1.29, 1.82) is 0 Å². The number of rotatable bonds is 0. The van der Waals surface area contributed by atoms with Crippen LogP contribution in [0.1, 0.15) is 25.0 Å². The maximum atomic E-state index is 6.67. The number of ether oxygens (including phenoxy) is 1. The van der Waals surface area contributed by atoms with Crippen molar-refractivity contribution < 1.29 is 4.74 Å². The molecule has 4 aliphatic rings. The smallest absolute Gasteiger partial charge is 0.333 e. The van der Waals surface area contributed by atoms with E-state index < -0.39 is 0 Å². The van der Waals surface area contributed by atoms with Crippen LogP contribution >= 0.6 is 11.3 Å². The Morgan fingerprint density at radius 2 is 1.46 bits per heavy atom. The highest BCUT2D eigenvalue weighted by molar-refractivity contribution is 7.26. The molecule has 0 bridgehead atoms. The molecule has 46 heavy (non-hydrogen) atoms. The Kier molecular flexibility index (Phi) is 4.05. The third-order valence-electron chi connectivity index (χ3n) is 11.1. The number of nitrogens with zero attached hydrogens (tertiary/aromatic N) is 2. The van der Waals surface area contributed by atoms with Crippen LogP contribution in [0.2, 0.25) is 0 Å². The van der Waals surface area contributed by atoms with E-state index in [4.69, 9.17) is 4.74 Å². The summed E-state index contributed by atoms with van der Waals surface area (Å²) in [6, 6.07) is 42.7. The number of hydrogen-bond acceptors (Lipinski definition) is 3. The summed E-state index contributed by atoms with van der Waals surface area (Å²) in [4.78, 5) is 3.85. The summed E-state index contributed by atoms with van der Waals surface area (Å²) in [7, 11) is 0. The summed E-state index contributed by atoms with van der Waals surface area (Å²) in [6.07, 6.45) is 0. The largest absolute Gasteiger partial charge is 0.453 e. The van der Waals surface area contributed by atoms with Gasteiger partial charge in [-0.3, -0.25) is 0 Å². The van der Waals surface area contributed by atoms with Crippen LogP contribution in [0.5, 0.6) is 11.5 Å². The summed E-state index contributed by atoms with van der Waals surface area (Å²) in [5.41, 5.74) is 15.7. The molecule has 5 heterocycles. The zero-order chi connectivity index (χ0) is 30.1.